The molecule has 2 saturated carbocycles. The normalized spacial score (nSPS) is 26.2. The van der Waals surface area contributed by atoms with Gasteiger partial charge >= 0.3 is 6.18 Å². The second-order valence-electron chi connectivity index (χ2n) is 10.2. The predicted molar refractivity (Wildman–Crippen MR) is 124 cm³/mol. The Kier molecular flexibility index (Phi) is 6.37. The van der Waals surface area contributed by atoms with Crippen molar-refractivity contribution in [1.29, 1.82) is 0 Å². The smallest absolute Gasteiger partial charge is 0.416 e. The molecule has 2 aromatic carbocycles. The van der Waals surface area contributed by atoms with Gasteiger partial charge in [-0.1, -0.05) is 0 Å². The highest BCUT2D eigenvalue weighted by Crippen LogP contribution is 2.58. The molecule has 0 amide bonds. The summed E-state index contributed by atoms with van der Waals surface area (Å²) >= 11 is 0. The Morgan fingerprint density at radius 3 is 2.19 bits per heavy atom. The van der Waals surface area contributed by atoms with E-state index in [9.17, 15) is 34.4 Å². The van der Waals surface area contributed by atoms with Crippen molar-refractivity contribution < 1.29 is 43.5 Å². The van der Waals surface area contributed by atoms with Crippen molar-refractivity contribution in [3.05, 3.63) is 59.2 Å². The van der Waals surface area contributed by atoms with E-state index < -0.39 is 69.9 Å². The molecule has 202 valence electrons. The van der Waals surface area contributed by atoms with Crippen LogP contribution in [0.3, 0.4) is 0 Å². The van der Waals surface area contributed by atoms with E-state index in [4.69, 9.17) is 4.74 Å². The van der Waals surface area contributed by atoms with Crippen LogP contribution in [0.4, 0.5) is 22.0 Å². The second kappa shape index (κ2) is 8.93. The van der Waals surface area contributed by atoms with Crippen LogP contribution in [-0.4, -0.2) is 34.4 Å². The van der Waals surface area contributed by atoms with Crippen LogP contribution in [0.25, 0.3) is 0 Å². The van der Waals surface area contributed by atoms with E-state index in [1.54, 1.807) is 0 Å². The quantitative estimate of drug-likeness (QED) is 0.438. The highest BCUT2D eigenvalue weighted by atomic mass is 32.2. The molecule has 1 heterocycles. The summed E-state index contributed by atoms with van der Waals surface area (Å²) in [5, 5.41) is -0.322. The summed E-state index contributed by atoms with van der Waals surface area (Å²) in [6, 6.07) is 4.62. The predicted octanol–water partition coefficient (Wildman–Crippen LogP) is 5.43. The van der Waals surface area contributed by atoms with Crippen molar-refractivity contribution in [1.82, 2.24) is 0 Å². The van der Waals surface area contributed by atoms with Crippen LogP contribution < -0.4 is 4.74 Å². The summed E-state index contributed by atoms with van der Waals surface area (Å²) in [6.07, 6.45) is -2.82. The van der Waals surface area contributed by atoms with Crippen LogP contribution in [0, 0.1) is 23.5 Å². The van der Waals surface area contributed by atoms with E-state index in [0.29, 0.717) is 31.4 Å². The number of rotatable bonds is 6. The number of benzene rings is 2. The first-order chi connectivity index (χ1) is 17.3. The number of hydrogen-bond donors (Lipinski definition) is 0. The lowest BCUT2D eigenvalue weighted by molar-refractivity contribution is -0.137. The lowest BCUT2D eigenvalue weighted by Gasteiger charge is -2.49. The minimum Gasteiger partial charge on any atom is -0.490 e. The first-order valence-electron chi connectivity index (χ1n) is 12.0. The molecule has 2 fully saturated rings. The fraction of sp³-hybridized carbons (Fsp3) is 0.520. The fourth-order valence-electron chi connectivity index (χ4n) is 5.83. The van der Waals surface area contributed by atoms with Crippen molar-refractivity contribution >= 4 is 19.7 Å². The number of sulfone groups is 2. The Bertz CT molecular complexity index is 1420. The van der Waals surface area contributed by atoms with Gasteiger partial charge in [-0.3, -0.25) is 0 Å². The molecule has 0 bridgehead atoms. The molecule has 3 aliphatic rings. The van der Waals surface area contributed by atoms with E-state index in [1.165, 1.54) is 0 Å². The number of ether oxygens (including phenoxy) is 1. The van der Waals surface area contributed by atoms with Gasteiger partial charge in [0.1, 0.15) is 10.6 Å². The van der Waals surface area contributed by atoms with E-state index in [1.807, 2.05) is 0 Å². The molecule has 0 spiro atoms. The Morgan fingerprint density at radius 1 is 0.919 bits per heavy atom. The Hall–Kier alpha value is -2.21. The van der Waals surface area contributed by atoms with E-state index >= 15 is 4.39 Å². The summed E-state index contributed by atoms with van der Waals surface area (Å²) < 4.78 is 126. The zero-order valence-corrected chi connectivity index (χ0v) is 21.2. The molecule has 0 N–H and O–H groups in total. The third-order valence-electron chi connectivity index (χ3n) is 7.93. The third-order valence-corrected chi connectivity index (χ3v) is 12.8. The first kappa shape index (κ1) is 26.4. The first-order valence-corrected chi connectivity index (χ1v) is 15.2. The largest absolute Gasteiger partial charge is 0.490 e. The topological polar surface area (TPSA) is 77.5 Å². The molecule has 0 saturated heterocycles. The van der Waals surface area contributed by atoms with Crippen LogP contribution in [0.2, 0.25) is 0 Å². The fourth-order valence-corrected chi connectivity index (χ4v) is 10.0. The van der Waals surface area contributed by atoms with Crippen LogP contribution in [0.15, 0.2) is 41.3 Å². The number of hydrogen-bond acceptors (Lipinski definition) is 5. The molecule has 2 aromatic rings. The van der Waals surface area contributed by atoms with Gasteiger partial charge in [0.2, 0.25) is 0 Å². The zero-order chi connectivity index (χ0) is 26.8. The number of fused-ring (bicyclic) bond motifs is 3. The molecular weight excluding hydrogens is 539 g/mol. The van der Waals surface area contributed by atoms with Gasteiger partial charge < -0.3 is 4.74 Å². The van der Waals surface area contributed by atoms with Crippen molar-refractivity contribution in [3.8, 4) is 5.75 Å². The van der Waals surface area contributed by atoms with Gasteiger partial charge in [-0.05, 0) is 80.8 Å². The zero-order valence-electron chi connectivity index (χ0n) is 19.6. The van der Waals surface area contributed by atoms with E-state index in [0.717, 1.165) is 24.3 Å². The molecular formula is C25H25F5O5S2. The number of halogens is 5. The molecule has 37 heavy (non-hydrogen) atoms. The Labute approximate surface area is 211 Å². The summed E-state index contributed by atoms with van der Waals surface area (Å²) in [6.45, 7) is -0.251. The highest BCUT2D eigenvalue weighted by Gasteiger charge is 2.59. The van der Waals surface area contributed by atoms with Gasteiger partial charge in [-0.2, -0.15) is 13.2 Å². The minimum absolute atomic E-state index is 0.0336. The van der Waals surface area contributed by atoms with Crippen LogP contribution >= 0.6 is 0 Å². The Morgan fingerprint density at radius 2 is 1.57 bits per heavy atom. The number of alkyl halides is 3. The monoisotopic (exact) mass is 564 g/mol. The van der Waals surface area contributed by atoms with Gasteiger partial charge in [-0.25, -0.2) is 25.6 Å². The lowest BCUT2D eigenvalue weighted by Crippen LogP contribution is -2.52. The SMILES string of the molecule is O=S(=O)(CC[C@@H]1CC[C@@]2(S(=O)(=O)c3ccc(C(F)(F)F)cc3)c3c(F)ccc(F)c3OC[C@H]2C1)C1CC1. The molecule has 5 rings (SSSR count). The maximum atomic E-state index is 15.3. The molecule has 3 atom stereocenters. The summed E-state index contributed by atoms with van der Waals surface area (Å²) in [5.74, 6) is -3.50. The van der Waals surface area contributed by atoms with Crippen LogP contribution in [0.5, 0.6) is 5.75 Å². The van der Waals surface area contributed by atoms with Crippen LogP contribution in [0.1, 0.15) is 49.7 Å². The van der Waals surface area contributed by atoms with Gasteiger partial charge in [0.15, 0.2) is 31.2 Å². The minimum atomic E-state index is -4.68. The molecule has 0 aromatic heterocycles. The molecule has 0 unspecified atom stereocenters. The van der Waals surface area contributed by atoms with Crippen molar-refractivity contribution in [2.75, 3.05) is 12.4 Å². The van der Waals surface area contributed by atoms with Crippen LogP contribution in [-0.2, 0) is 30.6 Å². The van der Waals surface area contributed by atoms with E-state index in [-0.39, 0.29) is 42.8 Å². The average Bonchev–Trinajstić information content (AvgIpc) is 3.70. The lowest BCUT2D eigenvalue weighted by atomic mass is 9.68. The van der Waals surface area contributed by atoms with Gasteiger partial charge in [0, 0.05) is 5.92 Å². The standard InChI is InChI=1S/C25H25F5O5S2/c26-20-7-8-21(27)23-22(20)24(37(33,34)19-3-1-16(2-4-19)25(28,29)30)11-9-15(13-17(24)14-35-23)10-12-36(31,32)18-5-6-18/h1-4,7-8,15,17-18H,5-6,9-14H2/t15-,17+,24-/m0/s1. The third kappa shape index (κ3) is 4.43. The molecule has 2 aliphatic carbocycles. The second-order valence-corrected chi connectivity index (χ2v) is 14.8. The summed E-state index contributed by atoms with van der Waals surface area (Å²) in [4.78, 5) is -0.434. The van der Waals surface area contributed by atoms with Crippen molar-refractivity contribution in [3.63, 3.8) is 0 Å². The average molecular weight is 565 g/mol. The van der Waals surface area contributed by atoms with Gasteiger partial charge in [0.05, 0.1) is 33.6 Å². The molecule has 1 aliphatic heterocycles. The summed E-state index contributed by atoms with van der Waals surface area (Å²) in [5.41, 5.74) is -1.49. The molecule has 0 radical (unpaired) electrons. The van der Waals surface area contributed by atoms with Gasteiger partial charge in [0.25, 0.3) is 0 Å². The van der Waals surface area contributed by atoms with Crippen molar-refractivity contribution in [2.45, 2.75) is 59.6 Å². The molecule has 5 nitrogen and oxygen atoms in total. The highest BCUT2D eigenvalue weighted by molar-refractivity contribution is 7.92. The Balaban J connectivity index is 1.55. The maximum Gasteiger partial charge on any atom is 0.416 e. The maximum absolute atomic E-state index is 15.3. The van der Waals surface area contributed by atoms with Crippen molar-refractivity contribution in [2.24, 2.45) is 11.8 Å². The molecule has 12 heteroatoms. The van der Waals surface area contributed by atoms with Gasteiger partial charge in [-0.15, -0.1) is 0 Å². The summed E-state index contributed by atoms with van der Waals surface area (Å²) in [7, 11) is -7.77. The van der Waals surface area contributed by atoms with E-state index in [2.05, 4.69) is 0 Å².